The van der Waals surface area contributed by atoms with E-state index in [4.69, 9.17) is 0 Å². The van der Waals surface area contributed by atoms with Gasteiger partial charge in [-0.15, -0.1) is 0 Å². The van der Waals surface area contributed by atoms with E-state index in [1.807, 2.05) is 55.7 Å². The predicted molar refractivity (Wildman–Crippen MR) is 167 cm³/mol. The van der Waals surface area contributed by atoms with E-state index >= 15 is 0 Å². The van der Waals surface area contributed by atoms with Crippen molar-refractivity contribution in [3.8, 4) is 22.6 Å². The molecule has 6 aromatic rings. The van der Waals surface area contributed by atoms with Crippen LogP contribution < -0.4 is 5.32 Å². The summed E-state index contributed by atoms with van der Waals surface area (Å²) in [5.41, 5.74) is 10.1. The van der Waals surface area contributed by atoms with Gasteiger partial charge in [0.15, 0.2) is 5.65 Å². The minimum absolute atomic E-state index is 0.644. The molecule has 0 saturated heterocycles. The van der Waals surface area contributed by atoms with Crippen LogP contribution in [0.2, 0.25) is 0 Å². The van der Waals surface area contributed by atoms with Crippen molar-refractivity contribution in [2.75, 3.05) is 0 Å². The Labute approximate surface area is 238 Å². The van der Waals surface area contributed by atoms with Crippen molar-refractivity contribution in [1.29, 1.82) is 0 Å². The summed E-state index contributed by atoms with van der Waals surface area (Å²) >= 11 is 0. The van der Waals surface area contributed by atoms with E-state index in [0.717, 1.165) is 67.9 Å². The average Bonchev–Trinajstić information content (AvgIpc) is 3.64. The number of H-pyrrole nitrogens is 2. The standard InChI is InChI=1S/C34H29N7/c1-4-24(17-27(5-2)38-22(3)16-23-10-7-6-8-11-23)26-18-29-33(40-41-34(29)37-21-26)31-19-28-30(39-31)13-15-36-32(28)25-12-9-14-35-20-25/h4-15,17-21,38-39H,2-3,16H2,1H3,(H,37,40,41)/b24-4+,27-17+. The Kier molecular flexibility index (Phi) is 7.07. The van der Waals surface area contributed by atoms with E-state index < -0.39 is 0 Å². The van der Waals surface area contributed by atoms with Crippen LogP contribution in [0.1, 0.15) is 18.1 Å². The van der Waals surface area contributed by atoms with Crippen LogP contribution in [0.4, 0.5) is 0 Å². The van der Waals surface area contributed by atoms with Crippen LogP contribution in [0.5, 0.6) is 0 Å². The summed E-state index contributed by atoms with van der Waals surface area (Å²) in [6.45, 7) is 10.2. The molecule has 41 heavy (non-hydrogen) atoms. The maximum atomic E-state index is 4.65. The fourth-order valence-electron chi connectivity index (χ4n) is 4.92. The molecule has 0 amide bonds. The Balaban J connectivity index is 1.32. The number of pyridine rings is 3. The first kappa shape index (κ1) is 25.7. The van der Waals surface area contributed by atoms with E-state index in [2.05, 4.69) is 85.0 Å². The smallest absolute Gasteiger partial charge is 0.181 e. The monoisotopic (exact) mass is 535 g/mol. The molecule has 0 saturated carbocycles. The van der Waals surface area contributed by atoms with Crippen molar-refractivity contribution in [3.63, 3.8) is 0 Å². The van der Waals surface area contributed by atoms with Crippen molar-refractivity contribution >= 4 is 27.5 Å². The zero-order chi connectivity index (χ0) is 28.2. The molecule has 6 rings (SSSR count). The minimum atomic E-state index is 0.644. The molecule has 0 spiro atoms. The summed E-state index contributed by atoms with van der Waals surface area (Å²) in [7, 11) is 0. The molecule has 200 valence electrons. The van der Waals surface area contributed by atoms with Crippen LogP contribution in [0.15, 0.2) is 128 Å². The second-order valence-corrected chi connectivity index (χ2v) is 9.68. The number of benzene rings is 1. The molecule has 0 fully saturated rings. The van der Waals surface area contributed by atoms with E-state index in [1.165, 1.54) is 5.56 Å². The van der Waals surface area contributed by atoms with Gasteiger partial charge in [-0.25, -0.2) is 4.98 Å². The van der Waals surface area contributed by atoms with Crippen LogP contribution in [0.25, 0.3) is 50.2 Å². The summed E-state index contributed by atoms with van der Waals surface area (Å²) in [5.74, 6) is 0. The number of hydrogen-bond donors (Lipinski definition) is 3. The molecule has 0 aliphatic heterocycles. The molecule has 0 aliphatic carbocycles. The maximum absolute atomic E-state index is 4.65. The molecule has 0 bridgehead atoms. The van der Waals surface area contributed by atoms with E-state index in [-0.39, 0.29) is 0 Å². The Morgan fingerprint density at radius 2 is 1.85 bits per heavy atom. The zero-order valence-electron chi connectivity index (χ0n) is 22.7. The summed E-state index contributed by atoms with van der Waals surface area (Å²) in [5, 5.41) is 13.0. The normalized spacial score (nSPS) is 12.1. The van der Waals surface area contributed by atoms with Gasteiger partial charge in [-0.05, 0) is 60.5 Å². The van der Waals surface area contributed by atoms with Crippen LogP contribution in [-0.4, -0.2) is 30.1 Å². The van der Waals surface area contributed by atoms with Gasteiger partial charge in [-0.2, -0.15) is 5.10 Å². The van der Waals surface area contributed by atoms with Crippen molar-refractivity contribution in [2.45, 2.75) is 13.3 Å². The number of aromatic amines is 2. The van der Waals surface area contributed by atoms with Gasteiger partial charge < -0.3 is 10.3 Å². The number of fused-ring (bicyclic) bond motifs is 2. The zero-order valence-corrected chi connectivity index (χ0v) is 22.7. The Bertz CT molecular complexity index is 1930. The fourth-order valence-corrected chi connectivity index (χ4v) is 4.92. The van der Waals surface area contributed by atoms with Crippen molar-refractivity contribution in [2.24, 2.45) is 0 Å². The highest BCUT2D eigenvalue weighted by Crippen LogP contribution is 2.33. The lowest BCUT2D eigenvalue weighted by Crippen LogP contribution is -2.12. The van der Waals surface area contributed by atoms with Gasteiger partial charge >= 0.3 is 0 Å². The number of nitrogens with zero attached hydrogens (tertiary/aromatic N) is 4. The third kappa shape index (κ3) is 5.33. The SMILES string of the molecule is C=C/C(=C\C(=C/C)c1cnc2n[nH]c(-c3cc4c(-c5cccnc5)nccc4[nH]3)c2c1)NC(=C)Cc1ccccc1. The summed E-state index contributed by atoms with van der Waals surface area (Å²) in [4.78, 5) is 17.1. The molecule has 5 aromatic heterocycles. The molecule has 0 unspecified atom stereocenters. The van der Waals surface area contributed by atoms with Crippen LogP contribution >= 0.6 is 0 Å². The average molecular weight is 536 g/mol. The molecule has 0 atom stereocenters. The highest BCUT2D eigenvalue weighted by molar-refractivity contribution is 5.99. The van der Waals surface area contributed by atoms with E-state index in [9.17, 15) is 0 Å². The van der Waals surface area contributed by atoms with E-state index in [0.29, 0.717) is 5.65 Å². The van der Waals surface area contributed by atoms with Crippen LogP contribution in [0.3, 0.4) is 0 Å². The molecule has 0 radical (unpaired) electrons. The maximum Gasteiger partial charge on any atom is 0.181 e. The van der Waals surface area contributed by atoms with Gasteiger partial charge in [0.05, 0.1) is 17.1 Å². The van der Waals surface area contributed by atoms with Crippen LogP contribution in [0, 0.1) is 0 Å². The molecule has 5 heterocycles. The molecule has 3 N–H and O–H groups in total. The van der Waals surface area contributed by atoms with Gasteiger partial charge in [-0.1, -0.05) is 49.6 Å². The topological polar surface area (TPSA) is 95.2 Å². The van der Waals surface area contributed by atoms with Gasteiger partial charge in [0.25, 0.3) is 0 Å². The quantitative estimate of drug-likeness (QED) is 0.168. The second-order valence-electron chi connectivity index (χ2n) is 9.68. The van der Waals surface area contributed by atoms with Gasteiger partial charge in [0.1, 0.15) is 0 Å². The number of allylic oxidation sites excluding steroid dienone is 5. The molecule has 7 nitrogen and oxygen atoms in total. The lowest BCUT2D eigenvalue weighted by molar-refractivity contribution is 0.942. The molecular weight excluding hydrogens is 506 g/mol. The number of nitrogens with one attached hydrogen (secondary N) is 3. The Hall–Kier alpha value is -5.56. The summed E-state index contributed by atoms with van der Waals surface area (Å²) in [6, 6.07) is 20.4. The first-order chi connectivity index (χ1) is 20.1. The van der Waals surface area contributed by atoms with Gasteiger partial charge in [0.2, 0.25) is 0 Å². The predicted octanol–water partition coefficient (Wildman–Crippen LogP) is 7.38. The Morgan fingerprint density at radius 3 is 2.63 bits per heavy atom. The number of hydrogen-bond acceptors (Lipinski definition) is 5. The minimum Gasteiger partial charge on any atom is -0.359 e. The molecular formula is C34H29N7. The lowest BCUT2D eigenvalue weighted by atomic mass is 10.0. The largest absolute Gasteiger partial charge is 0.359 e. The lowest BCUT2D eigenvalue weighted by Gasteiger charge is -2.12. The first-order valence-corrected chi connectivity index (χ1v) is 13.3. The molecule has 0 aliphatic rings. The van der Waals surface area contributed by atoms with Gasteiger partial charge in [-0.3, -0.25) is 15.1 Å². The van der Waals surface area contributed by atoms with Crippen LogP contribution in [-0.2, 0) is 6.42 Å². The molecule has 1 aromatic carbocycles. The van der Waals surface area contributed by atoms with Gasteiger partial charge in [0, 0.05) is 70.0 Å². The number of aromatic nitrogens is 6. The third-order valence-electron chi connectivity index (χ3n) is 6.92. The Morgan fingerprint density at radius 1 is 0.976 bits per heavy atom. The summed E-state index contributed by atoms with van der Waals surface area (Å²) < 4.78 is 0. The highest BCUT2D eigenvalue weighted by atomic mass is 15.2. The van der Waals surface area contributed by atoms with Crippen molar-refractivity contribution in [1.82, 2.24) is 35.5 Å². The van der Waals surface area contributed by atoms with Crippen molar-refractivity contribution in [3.05, 3.63) is 139 Å². The van der Waals surface area contributed by atoms with E-state index in [1.54, 1.807) is 18.5 Å². The fraction of sp³-hybridized carbons (Fsp3) is 0.0588. The third-order valence-corrected chi connectivity index (χ3v) is 6.92. The highest BCUT2D eigenvalue weighted by Gasteiger charge is 2.15. The second kappa shape index (κ2) is 11.3. The number of rotatable bonds is 9. The molecule has 7 heteroatoms. The summed E-state index contributed by atoms with van der Waals surface area (Å²) in [6.07, 6.45) is 13.9. The van der Waals surface area contributed by atoms with Crippen molar-refractivity contribution < 1.29 is 0 Å². The first-order valence-electron chi connectivity index (χ1n) is 13.3.